The van der Waals surface area contributed by atoms with Gasteiger partial charge in [0, 0.05) is 18.8 Å². The molecule has 0 atom stereocenters. The topological polar surface area (TPSA) is 65.4 Å². The number of ether oxygens (including phenoxy) is 2. The molecule has 1 amide bonds. The van der Waals surface area contributed by atoms with Gasteiger partial charge in [-0.1, -0.05) is 11.6 Å². The largest absolute Gasteiger partial charge is 0.487 e. The lowest BCUT2D eigenvalue weighted by Crippen LogP contribution is -2.27. The Hall–Kier alpha value is -2.21. The highest BCUT2D eigenvalue weighted by atomic mass is 35.5. The molecule has 0 aliphatic carbocycles. The van der Waals surface area contributed by atoms with Gasteiger partial charge in [-0.3, -0.25) is 10.00 Å². The van der Waals surface area contributed by atoms with Crippen molar-refractivity contribution < 1.29 is 14.3 Å². The predicted octanol–water partition coefficient (Wildman–Crippen LogP) is 4.00. The summed E-state index contributed by atoms with van der Waals surface area (Å²) in [6.45, 7) is 5.76. The number of amides is 1. The molecular formula is C16H20ClN3O3. The van der Waals surface area contributed by atoms with E-state index in [-0.39, 0.29) is 0 Å². The van der Waals surface area contributed by atoms with Gasteiger partial charge in [-0.25, -0.2) is 4.79 Å². The third-order valence-corrected chi connectivity index (χ3v) is 3.11. The lowest BCUT2D eigenvalue weighted by atomic mass is 10.2. The number of rotatable bonds is 4. The van der Waals surface area contributed by atoms with Crippen LogP contribution in [0.5, 0.6) is 5.75 Å². The summed E-state index contributed by atoms with van der Waals surface area (Å²) in [5.74, 6) is 0.668. The molecule has 0 spiro atoms. The van der Waals surface area contributed by atoms with Crippen molar-refractivity contribution in [2.75, 3.05) is 5.32 Å². The molecule has 7 heteroatoms. The van der Waals surface area contributed by atoms with E-state index in [2.05, 4.69) is 10.4 Å². The number of nitrogens with one attached hydrogen (secondary N) is 1. The van der Waals surface area contributed by atoms with Crippen LogP contribution < -0.4 is 10.1 Å². The molecule has 1 aromatic heterocycles. The molecular weight excluding hydrogens is 318 g/mol. The summed E-state index contributed by atoms with van der Waals surface area (Å²) in [6.07, 6.45) is -0.491. The van der Waals surface area contributed by atoms with Gasteiger partial charge in [-0.15, -0.1) is 0 Å². The maximum Gasteiger partial charge on any atom is 0.412 e. The molecule has 0 radical (unpaired) electrons. The number of halogens is 1. The molecule has 0 aliphatic rings. The molecule has 124 valence electrons. The van der Waals surface area contributed by atoms with Crippen molar-refractivity contribution in [2.45, 2.75) is 33.0 Å². The van der Waals surface area contributed by atoms with Crippen LogP contribution in [0.3, 0.4) is 0 Å². The lowest BCUT2D eigenvalue weighted by molar-refractivity contribution is 0.0636. The number of hydrogen-bond acceptors (Lipinski definition) is 4. The molecule has 1 heterocycles. The summed E-state index contributed by atoms with van der Waals surface area (Å²) in [5.41, 5.74) is 0.845. The van der Waals surface area contributed by atoms with Crippen molar-refractivity contribution in [1.82, 2.24) is 9.78 Å². The Labute approximate surface area is 140 Å². The molecule has 6 nitrogen and oxygen atoms in total. The van der Waals surface area contributed by atoms with Crippen LogP contribution in [0.1, 0.15) is 26.5 Å². The normalized spacial score (nSPS) is 11.2. The van der Waals surface area contributed by atoms with Gasteiger partial charge in [0.2, 0.25) is 0 Å². The summed E-state index contributed by atoms with van der Waals surface area (Å²) < 4.78 is 12.4. The molecule has 1 aromatic carbocycles. The van der Waals surface area contributed by atoms with Crippen molar-refractivity contribution in [3.05, 3.63) is 41.2 Å². The zero-order chi connectivity index (χ0) is 17.0. The summed E-state index contributed by atoms with van der Waals surface area (Å²) >= 11 is 5.92. The minimum atomic E-state index is -0.531. The maximum absolute atomic E-state index is 11.7. The average molecular weight is 338 g/mol. The zero-order valence-corrected chi connectivity index (χ0v) is 14.3. The zero-order valence-electron chi connectivity index (χ0n) is 13.6. The van der Waals surface area contributed by atoms with E-state index in [1.807, 2.05) is 20.8 Å². The number of carbonyl (C=O) groups excluding carboxylic acids is 1. The fourth-order valence-corrected chi connectivity index (χ4v) is 1.95. The van der Waals surface area contributed by atoms with Gasteiger partial charge in [-0.2, -0.15) is 5.10 Å². The number of carbonyl (C=O) groups is 1. The second-order valence-corrected chi connectivity index (χ2v) is 6.41. The predicted molar refractivity (Wildman–Crippen MR) is 88.8 cm³/mol. The molecule has 2 aromatic rings. The summed E-state index contributed by atoms with van der Waals surface area (Å²) in [7, 11) is 1.77. The van der Waals surface area contributed by atoms with E-state index in [0.29, 0.717) is 23.2 Å². The van der Waals surface area contributed by atoms with Crippen LogP contribution in [0.2, 0.25) is 5.15 Å². The molecule has 0 saturated heterocycles. The SMILES string of the molecule is Cn1nc(COc2ccc(NC(=O)OC(C)(C)C)cc2)cc1Cl. The first kappa shape index (κ1) is 17.1. The monoisotopic (exact) mass is 337 g/mol. The van der Waals surface area contributed by atoms with Crippen molar-refractivity contribution in [2.24, 2.45) is 7.05 Å². The van der Waals surface area contributed by atoms with Crippen molar-refractivity contribution in [3.63, 3.8) is 0 Å². The van der Waals surface area contributed by atoms with Gasteiger partial charge in [0.05, 0.1) is 0 Å². The molecule has 1 N–H and O–H groups in total. The van der Waals surface area contributed by atoms with Gasteiger partial charge in [0.15, 0.2) is 0 Å². The van der Waals surface area contributed by atoms with E-state index in [4.69, 9.17) is 21.1 Å². The second kappa shape index (κ2) is 6.91. The Bertz CT molecular complexity index is 655. The summed E-state index contributed by atoms with van der Waals surface area (Å²) in [5, 5.41) is 7.42. The number of benzene rings is 1. The number of anilines is 1. The highest BCUT2D eigenvalue weighted by molar-refractivity contribution is 6.29. The van der Waals surface area contributed by atoms with Gasteiger partial charge in [0.1, 0.15) is 28.8 Å². The first-order chi connectivity index (χ1) is 10.7. The van der Waals surface area contributed by atoms with Gasteiger partial charge in [0.25, 0.3) is 0 Å². The van der Waals surface area contributed by atoms with Crippen LogP contribution in [-0.2, 0) is 18.4 Å². The molecule has 0 aliphatic heterocycles. The van der Waals surface area contributed by atoms with Gasteiger partial charge < -0.3 is 9.47 Å². The fraction of sp³-hybridized carbons (Fsp3) is 0.375. The standard InChI is InChI=1S/C16H20ClN3O3/c1-16(2,3)23-15(21)18-11-5-7-13(8-6-11)22-10-12-9-14(17)20(4)19-12/h5-9H,10H2,1-4H3,(H,18,21). The number of nitrogens with zero attached hydrogens (tertiary/aromatic N) is 2. The first-order valence-corrected chi connectivity index (χ1v) is 7.52. The second-order valence-electron chi connectivity index (χ2n) is 6.02. The van der Waals surface area contributed by atoms with E-state index in [1.165, 1.54) is 0 Å². The molecule has 0 fully saturated rings. The molecule has 23 heavy (non-hydrogen) atoms. The highest BCUT2D eigenvalue weighted by Gasteiger charge is 2.16. The Morgan fingerprint density at radius 3 is 2.48 bits per heavy atom. The van der Waals surface area contributed by atoms with Crippen LogP contribution in [0.4, 0.5) is 10.5 Å². The van der Waals surface area contributed by atoms with Crippen molar-refractivity contribution in [1.29, 1.82) is 0 Å². The smallest absolute Gasteiger partial charge is 0.412 e. The average Bonchev–Trinajstić information content (AvgIpc) is 2.75. The number of aryl methyl sites for hydroxylation is 1. The molecule has 0 saturated carbocycles. The Balaban J connectivity index is 1.88. The third kappa shape index (κ3) is 5.49. The highest BCUT2D eigenvalue weighted by Crippen LogP contribution is 2.18. The molecule has 2 rings (SSSR count). The van der Waals surface area contributed by atoms with Crippen LogP contribution in [0.15, 0.2) is 30.3 Å². The summed E-state index contributed by atoms with van der Waals surface area (Å²) in [6, 6.07) is 8.75. The third-order valence-electron chi connectivity index (χ3n) is 2.76. The maximum atomic E-state index is 11.7. The first-order valence-electron chi connectivity index (χ1n) is 7.14. The van der Waals surface area contributed by atoms with Crippen LogP contribution in [0.25, 0.3) is 0 Å². The van der Waals surface area contributed by atoms with E-state index >= 15 is 0 Å². The van der Waals surface area contributed by atoms with E-state index < -0.39 is 11.7 Å². The van der Waals surface area contributed by atoms with E-state index in [9.17, 15) is 4.79 Å². The van der Waals surface area contributed by atoms with Crippen molar-refractivity contribution >= 4 is 23.4 Å². The van der Waals surface area contributed by atoms with Crippen LogP contribution in [0, 0.1) is 0 Å². The van der Waals surface area contributed by atoms with Crippen LogP contribution >= 0.6 is 11.6 Å². The number of hydrogen-bond donors (Lipinski definition) is 1. The van der Waals surface area contributed by atoms with Crippen LogP contribution in [-0.4, -0.2) is 21.5 Å². The van der Waals surface area contributed by atoms with E-state index in [1.54, 1.807) is 42.1 Å². The minimum Gasteiger partial charge on any atom is -0.487 e. The number of aromatic nitrogens is 2. The van der Waals surface area contributed by atoms with Crippen molar-refractivity contribution in [3.8, 4) is 5.75 Å². The molecule has 0 unspecified atom stereocenters. The lowest BCUT2D eigenvalue weighted by Gasteiger charge is -2.19. The van der Waals surface area contributed by atoms with Gasteiger partial charge in [-0.05, 0) is 45.0 Å². The minimum absolute atomic E-state index is 0.319. The summed E-state index contributed by atoms with van der Waals surface area (Å²) in [4.78, 5) is 11.7. The van der Waals surface area contributed by atoms with Gasteiger partial charge >= 0.3 is 6.09 Å². The quantitative estimate of drug-likeness (QED) is 0.915. The van der Waals surface area contributed by atoms with E-state index in [0.717, 1.165) is 5.69 Å². The Morgan fingerprint density at radius 1 is 1.30 bits per heavy atom. The molecule has 0 bridgehead atoms. The fourth-order valence-electron chi connectivity index (χ4n) is 1.78. The Morgan fingerprint density at radius 2 is 1.96 bits per heavy atom. The Kier molecular flexibility index (Phi) is 5.15.